The van der Waals surface area contributed by atoms with Gasteiger partial charge in [0.1, 0.15) is 23.1 Å². The molecule has 1 fully saturated rings. The number of nitriles is 1. The van der Waals surface area contributed by atoms with E-state index in [2.05, 4.69) is 0 Å². The summed E-state index contributed by atoms with van der Waals surface area (Å²) < 4.78 is 27.0. The first-order chi connectivity index (χ1) is 9.37. The van der Waals surface area contributed by atoms with Crippen molar-refractivity contribution < 1.29 is 19.2 Å². The molecular weight excluding hydrogens is 283 g/mol. The van der Waals surface area contributed by atoms with E-state index in [9.17, 15) is 19.2 Å². The molecule has 0 aromatic heterocycles. The van der Waals surface area contributed by atoms with Gasteiger partial charge >= 0.3 is 0 Å². The van der Waals surface area contributed by atoms with Gasteiger partial charge in [0.05, 0.1) is 24.0 Å². The molecule has 0 amide bonds. The van der Waals surface area contributed by atoms with E-state index in [1.165, 1.54) is 17.3 Å². The minimum absolute atomic E-state index is 0.0100. The SMILES string of the molecule is CC(O)[C@@]1(O)CCN([S+]([O-])c2ccc(F)cc2C#N)C1. The van der Waals surface area contributed by atoms with Gasteiger partial charge in [-0.25, -0.2) is 4.39 Å². The normalized spacial score (nSPS) is 26.2. The van der Waals surface area contributed by atoms with Gasteiger partial charge < -0.3 is 14.8 Å². The molecule has 2 rings (SSSR count). The van der Waals surface area contributed by atoms with E-state index in [1.54, 1.807) is 0 Å². The smallest absolute Gasteiger partial charge is 0.192 e. The summed E-state index contributed by atoms with van der Waals surface area (Å²) in [7, 11) is 0. The van der Waals surface area contributed by atoms with Crippen molar-refractivity contribution in [2.45, 2.75) is 29.9 Å². The summed E-state index contributed by atoms with van der Waals surface area (Å²) in [6.07, 6.45) is -0.646. The summed E-state index contributed by atoms with van der Waals surface area (Å²) in [5.74, 6) is -0.566. The Kier molecular flexibility index (Phi) is 4.32. The van der Waals surface area contributed by atoms with Gasteiger partial charge in [-0.1, -0.05) is 0 Å². The Labute approximate surface area is 119 Å². The molecule has 1 heterocycles. The molecule has 1 aromatic rings. The number of halogens is 1. The maximum Gasteiger partial charge on any atom is 0.192 e. The van der Waals surface area contributed by atoms with Crippen LogP contribution >= 0.6 is 0 Å². The second-order valence-electron chi connectivity index (χ2n) is 4.89. The third-order valence-electron chi connectivity index (χ3n) is 3.51. The molecule has 1 aliphatic rings. The average Bonchev–Trinajstić information content (AvgIpc) is 2.82. The summed E-state index contributed by atoms with van der Waals surface area (Å²) in [6, 6.07) is 5.30. The molecule has 0 aliphatic carbocycles. The Balaban J connectivity index is 2.22. The predicted octanol–water partition coefficient (Wildman–Crippen LogP) is 0.538. The monoisotopic (exact) mass is 298 g/mol. The number of hydrogen-bond donors (Lipinski definition) is 2. The number of benzene rings is 1. The zero-order valence-electron chi connectivity index (χ0n) is 10.9. The van der Waals surface area contributed by atoms with E-state index in [0.717, 1.165) is 12.1 Å². The van der Waals surface area contributed by atoms with Crippen molar-refractivity contribution in [2.75, 3.05) is 13.1 Å². The summed E-state index contributed by atoms with van der Waals surface area (Å²) in [5, 5.41) is 28.7. The van der Waals surface area contributed by atoms with Crippen LogP contribution in [0.1, 0.15) is 18.9 Å². The second kappa shape index (κ2) is 5.68. The molecular formula is C13H15FN2O3S. The van der Waals surface area contributed by atoms with Crippen LogP contribution in [0.2, 0.25) is 0 Å². The van der Waals surface area contributed by atoms with Crippen molar-refractivity contribution in [2.24, 2.45) is 0 Å². The first-order valence-corrected chi connectivity index (χ1v) is 7.25. The fourth-order valence-electron chi connectivity index (χ4n) is 2.15. The quantitative estimate of drug-likeness (QED) is 0.795. The third-order valence-corrected chi connectivity index (χ3v) is 5.02. The van der Waals surface area contributed by atoms with Crippen molar-refractivity contribution in [3.63, 3.8) is 0 Å². The van der Waals surface area contributed by atoms with Crippen LogP contribution in [0.25, 0.3) is 0 Å². The van der Waals surface area contributed by atoms with Crippen molar-refractivity contribution >= 4 is 11.4 Å². The van der Waals surface area contributed by atoms with E-state index in [0.29, 0.717) is 13.0 Å². The van der Waals surface area contributed by atoms with Gasteiger partial charge in [-0.15, -0.1) is 4.31 Å². The Morgan fingerprint density at radius 3 is 2.85 bits per heavy atom. The zero-order chi connectivity index (χ0) is 14.9. The topological polar surface area (TPSA) is 90.6 Å². The molecule has 0 spiro atoms. The van der Waals surface area contributed by atoms with Crippen molar-refractivity contribution in [3.8, 4) is 6.07 Å². The van der Waals surface area contributed by atoms with Crippen molar-refractivity contribution in [1.29, 1.82) is 5.26 Å². The van der Waals surface area contributed by atoms with Gasteiger partial charge in [0.2, 0.25) is 0 Å². The van der Waals surface area contributed by atoms with Gasteiger partial charge in [-0.05, 0) is 31.5 Å². The highest BCUT2D eigenvalue weighted by molar-refractivity contribution is 7.89. The molecule has 0 radical (unpaired) electrons. The molecule has 1 aliphatic heterocycles. The lowest BCUT2D eigenvalue weighted by molar-refractivity contribution is -0.0536. The molecule has 1 aromatic carbocycles. The van der Waals surface area contributed by atoms with Gasteiger partial charge in [-0.2, -0.15) is 5.26 Å². The maximum atomic E-state index is 13.1. The Hall–Kier alpha value is -1.17. The fourth-order valence-corrected chi connectivity index (χ4v) is 3.50. The number of hydrogen-bond acceptors (Lipinski definition) is 5. The van der Waals surface area contributed by atoms with E-state index in [-0.39, 0.29) is 17.0 Å². The first kappa shape index (κ1) is 15.2. The minimum atomic E-state index is -1.67. The average molecular weight is 298 g/mol. The lowest BCUT2D eigenvalue weighted by atomic mass is 9.97. The van der Waals surface area contributed by atoms with Crippen molar-refractivity contribution in [1.82, 2.24) is 4.31 Å². The maximum absolute atomic E-state index is 13.1. The Morgan fingerprint density at radius 2 is 2.30 bits per heavy atom. The van der Waals surface area contributed by atoms with Gasteiger partial charge in [0.25, 0.3) is 0 Å². The minimum Gasteiger partial charge on any atom is -0.593 e. The van der Waals surface area contributed by atoms with E-state index in [1.807, 2.05) is 6.07 Å². The molecule has 1 saturated heterocycles. The fraction of sp³-hybridized carbons (Fsp3) is 0.462. The summed E-state index contributed by atoms with van der Waals surface area (Å²) >= 11 is -1.67. The second-order valence-corrected chi connectivity index (χ2v) is 6.35. The molecule has 108 valence electrons. The highest BCUT2D eigenvalue weighted by atomic mass is 32.2. The number of aliphatic hydroxyl groups excluding tert-OH is 1. The number of rotatable bonds is 3. The van der Waals surface area contributed by atoms with Crippen molar-refractivity contribution in [3.05, 3.63) is 29.6 Å². The van der Waals surface area contributed by atoms with Crippen LogP contribution in [0.4, 0.5) is 4.39 Å². The Bertz CT molecular complexity index is 549. The van der Waals surface area contributed by atoms with Crippen LogP contribution in [0.15, 0.2) is 23.1 Å². The molecule has 0 bridgehead atoms. The van der Waals surface area contributed by atoms with Gasteiger partial charge in [0, 0.05) is 6.54 Å². The van der Waals surface area contributed by atoms with E-state index >= 15 is 0 Å². The molecule has 7 heteroatoms. The third kappa shape index (κ3) is 2.80. The molecule has 0 saturated carbocycles. The van der Waals surface area contributed by atoms with Crippen LogP contribution < -0.4 is 0 Å². The summed E-state index contributed by atoms with van der Waals surface area (Å²) in [4.78, 5) is 0.212. The van der Waals surface area contributed by atoms with Gasteiger partial charge in [0.15, 0.2) is 4.90 Å². The van der Waals surface area contributed by atoms with E-state index in [4.69, 9.17) is 5.26 Å². The highest BCUT2D eigenvalue weighted by Crippen LogP contribution is 2.30. The predicted molar refractivity (Wildman–Crippen MR) is 70.3 cm³/mol. The lowest BCUT2D eigenvalue weighted by Gasteiger charge is -2.26. The largest absolute Gasteiger partial charge is 0.593 e. The standard InChI is InChI=1S/C13H15FN2O3S/c1-9(17)13(18)4-5-16(8-13)20(19)12-3-2-11(14)6-10(12)7-15/h2-3,6,9,17-18H,4-5,8H2,1H3/t9?,13-,20?/m1/s1. The van der Waals surface area contributed by atoms with Gasteiger partial charge in [-0.3, -0.25) is 0 Å². The molecule has 3 atom stereocenters. The van der Waals surface area contributed by atoms with Crippen LogP contribution in [-0.2, 0) is 11.4 Å². The van der Waals surface area contributed by atoms with Crippen LogP contribution in [0.3, 0.4) is 0 Å². The summed E-state index contributed by atoms with van der Waals surface area (Å²) in [6.45, 7) is 1.85. The number of β-amino-alcohol motifs (C(OH)–C–C–N with tert-alkyl or cyclic N) is 1. The number of nitrogens with zero attached hydrogens (tertiary/aromatic N) is 2. The lowest BCUT2D eigenvalue weighted by Crippen LogP contribution is -2.44. The van der Waals surface area contributed by atoms with E-state index < -0.39 is 28.9 Å². The first-order valence-electron chi connectivity index (χ1n) is 6.14. The Morgan fingerprint density at radius 1 is 1.60 bits per heavy atom. The summed E-state index contributed by atoms with van der Waals surface area (Å²) in [5.41, 5.74) is -1.29. The van der Waals surface area contributed by atoms with Crippen LogP contribution in [-0.4, -0.2) is 43.9 Å². The highest BCUT2D eigenvalue weighted by Gasteiger charge is 2.45. The zero-order valence-corrected chi connectivity index (χ0v) is 11.7. The molecule has 2 N–H and O–H groups in total. The van der Waals surface area contributed by atoms with Crippen LogP contribution in [0.5, 0.6) is 0 Å². The molecule has 20 heavy (non-hydrogen) atoms. The number of aliphatic hydroxyl groups is 2. The van der Waals surface area contributed by atoms with Crippen LogP contribution in [0, 0.1) is 17.1 Å². The molecule has 2 unspecified atom stereocenters. The molecule has 5 nitrogen and oxygen atoms in total.